The first-order valence-corrected chi connectivity index (χ1v) is 7.30. The maximum atomic E-state index is 6.01. The van der Waals surface area contributed by atoms with E-state index in [1.165, 1.54) is 21.9 Å². The smallest absolute Gasteiger partial charge is 0.120 e. The topological polar surface area (TPSA) is 9.23 Å². The summed E-state index contributed by atoms with van der Waals surface area (Å²) in [5, 5.41) is 2.58. The van der Waals surface area contributed by atoms with Crippen molar-refractivity contribution in [2.75, 3.05) is 0 Å². The van der Waals surface area contributed by atoms with Crippen molar-refractivity contribution >= 4 is 10.8 Å². The Morgan fingerprint density at radius 2 is 1.50 bits per heavy atom. The van der Waals surface area contributed by atoms with E-state index in [-0.39, 0.29) is 11.0 Å². The van der Waals surface area contributed by atoms with Gasteiger partial charge >= 0.3 is 0 Å². The Morgan fingerprint density at radius 3 is 2.05 bits per heavy atom. The molecule has 108 valence electrons. The second kappa shape index (κ2) is 4.80. The van der Waals surface area contributed by atoms with Gasteiger partial charge in [0.15, 0.2) is 0 Å². The van der Waals surface area contributed by atoms with Crippen LogP contribution >= 0.6 is 0 Å². The van der Waals surface area contributed by atoms with Gasteiger partial charge in [-0.3, -0.25) is 0 Å². The number of hydrogen-bond donors (Lipinski definition) is 0. The summed E-state index contributed by atoms with van der Waals surface area (Å²) < 4.78 is 6.01. The zero-order valence-electron chi connectivity index (χ0n) is 13.8. The summed E-state index contributed by atoms with van der Waals surface area (Å²) in [6.07, 6.45) is 0. The van der Waals surface area contributed by atoms with Crippen LogP contribution in [0.5, 0.6) is 5.75 Å². The van der Waals surface area contributed by atoms with Crippen LogP contribution in [0.3, 0.4) is 0 Å². The first-order valence-electron chi connectivity index (χ1n) is 7.30. The molecule has 0 saturated heterocycles. The molecular weight excluding hydrogens is 244 g/mol. The molecule has 0 atom stereocenters. The van der Waals surface area contributed by atoms with E-state index >= 15 is 0 Å². The summed E-state index contributed by atoms with van der Waals surface area (Å²) in [4.78, 5) is 0. The molecule has 1 nitrogen and oxygen atoms in total. The second-order valence-corrected chi connectivity index (χ2v) is 7.66. The van der Waals surface area contributed by atoms with Crippen molar-refractivity contribution in [2.24, 2.45) is 0 Å². The summed E-state index contributed by atoms with van der Waals surface area (Å²) in [5.74, 6) is 0.944. The number of hydrogen-bond acceptors (Lipinski definition) is 1. The van der Waals surface area contributed by atoms with E-state index in [9.17, 15) is 0 Å². The molecular formula is C19H26O. The quantitative estimate of drug-likeness (QED) is 0.653. The third-order valence-corrected chi connectivity index (χ3v) is 3.30. The lowest BCUT2D eigenvalue weighted by Crippen LogP contribution is -2.23. The first kappa shape index (κ1) is 14.9. The van der Waals surface area contributed by atoms with E-state index in [1.807, 2.05) is 0 Å². The molecule has 2 aromatic rings. The SMILES string of the molecule is Cc1cc(C(C)(C)C)c2cc(OC(C)(C)C)ccc2c1. The molecule has 0 saturated carbocycles. The third kappa shape index (κ3) is 3.33. The number of benzene rings is 2. The summed E-state index contributed by atoms with van der Waals surface area (Å²) in [7, 11) is 0. The minimum Gasteiger partial charge on any atom is -0.488 e. The van der Waals surface area contributed by atoms with Gasteiger partial charge in [0.25, 0.3) is 0 Å². The highest BCUT2D eigenvalue weighted by Crippen LogP contribution is 2.34. The molecule has 2 aromatic carbocycles. The van der Waals surface area contributed by atoms with Crippen molar-refractivity contribution in [1.29, 1.82) is 0 Å². The van der Waals surface area contributed by atoms with Gasteiger partial charge in [-0.05, 0) is 61.6 Å². The van der Waals surface area contributed by atoms with Gasteiger partial charge in [-0.15, -0.1) is 0 Å². The molecule has 0 aliphatic rings. The summed E-state index contributed by atoms with van der Waals surface area (Å²) in [6, 6.07) is 11.0. The molecule has 1 heteroatoms. The Morgan fingerprint density at radius 1 is 0.850 bits per heavy atom. The molecule has 0 amide bonds. The van der Waals surface area contributed by atoms with E-state index in [4.69, 9.17) is 4.74 Å². The highest BCUT2D eigenvalue weighted by atomic mass is 16.5. The lowest BCUT2D eigenvalue weighted by molar-refractivity contribution is 0.131. The highest BCUT2D eigenvalue weighted by Gasteiger charge is 2.18. The Kier molecular flexibility index (Phi) is 3.58. The van der Waals surface area contributed by atoms with Crippen LogP contribution in [0.2, 0.25) is 0 Å². The predicted octanol–water partition coefficient (Wildman–Crippen LogP) is 5.62. The fourth-order valence-corrected chi connectivity index (χ4v) is 2.52. The van der Waals surface area contributed by atoms with Crippen molar-refractivity contribution in [2.45, 2.75) is 59.5 Å². The van der Waals surface area contributed by atoms with E-state index < -0.39 is 0 Å². The molecule has 0 radical (unpaired) electrons. The zero-order valence-corrected chi connectivity index (χ0v) is 13.8. The summed E-state index contributed by atoms with van der Waals surface area (Å²) in [5.41, 5.74) is 2.66. The summed E-state index contributed by atoms with van der Waals surface area (Å²) >= 11 is 0. The highest BCUT2D eigenvalue weighted by molar-refractivity contribution is 5.88. The van der Waals surface area contributed by atoms with E-state index in [2.05, 4.69) is 78.8 Å². The van der Waals surface area contributed by atoms with Crippen molar-refractivity contribution in [3.05, 3.63) is 41.5 Å². The van der Waals surface area contributed by atoms with Crippen molar-refractivity contribution in [3.8, 4) is 5.75 Å². The van der Waals surface area contributed by atoms with E-state index in [0.29, 0.717) is 0 Å². The van der Waals surface area contributed by atoms with Gasteiger partial charge in [-0.25, -0.2) is 0 Å². The van der Waals surface area contributed by atoms with Crippen LogP contribution in [0, 0.1) is 6.92 Å². The average molecular weight is 270 g/mol. The maximum Gasteiger partial charge on any atom is 0.120 e. The molecule has 0 aliphatic carbocycles. The monoisotopic (exact) mass is 270 g/mol. The summed E-state index contributed by atoms with van der Waals surface area (Å²) in [6.45, 7) is 15.2. The minimum atomic E-state index is -0.166. The van der Waals surface area contributed by atoms with Crippen molar-refractivity contribution in [3.63, 3.8) is 0 Å². The van der Waals surface area contributed by atoms with Crippen LogP contribution < -0.4 is 4.74 Å². The largest absolute Gasteiger partial charge is 0.488 e. The molecule has 0 N–H and O–H groups in total. The number of fused-ring (bicyclic) bond motifs is 1. The van der Waals surface area contributed by atoms with Gasteiger partial charge in [0.05, 0.1) is 0 Å². The van der Waals surface area contributed by atoms with E-state index in [1.54, 1.807) is 0 Å². The van der Waals surface area contributed by atoms with Crippen LogP contribution in [0.25, 0.3) is 10.8 Å². The Balaban J connectivity index is 2.63. The molecule has 20 heavy (non-hydrogen) atoms. The normalized spacial score (nSPS) is 12.8. The fraction of sp³-hybridized carbons (Fsp3) is 0.474. The number of ether oxygens (including phenoxy) is 1. The lowest BCUT2D eigenvalue weighted by atomic mass is 9.82. The van der Waals surface area contributed by atoms with Crippen molar-refractivity contribution < 1.29 is 4.74 Å². The van der Waals surface area contributed by atoms with Crippen LogP contribution in [-0.2, 0) is 5.41 Å². The molecule has 0 bridgehead atoms. The predicted molar refractivity (Wildman–Crippen MR) is 87.8 cm³/mol. The molecule has 2 rings (SSSR count). The fourth-order valence-electron chi connectivity index (χ4n) is 2.52. The van der Waals surface area contributed by atoms with Gasteiger partial charge in [0, 0.05) is 0 Å². The van der Waals surface area contributed by atoms with Gasteiger partial charge < -0.3 is 4.74 Å². The minimum absolute atomic E-state index is 0.130. The Labute approximate surface area is 123 Å². The molecule has 0 unspecified atom stereocenters. The number of rotatable bonds is 1. The molecule has 0 spiro atoms. The Hall–Kier alpha value is -1.50. The van der Waals surface area contributed by atoms with Crippen LogP contribution in [-0.4, -0.2) is 5.60 Å². The average Bonchev–Trinajstić information content (AvgIpc) is 2.25. The second-order valence-electron chi connectivity index (χ2n) is 7.66. The van der Waals surface area contributed by atoms with Gasteiger partial charge in [-0.1, -0.05) is 44.5 Å². The standard InChI is InChI=1S/C19H26O/c1-13-10-14-8-9-15(20-19(5,6)7)12-16(14)17(11-13)18(2,3)4/h8-12H,1-7H3. The van der Waals surface area contributed by atoms with Gasteiger partial charge in [-0.2, -0.15) is 0 Å². The first-order chi connectivity index (χ1) is 9.06. The van der Waals surface area contributed by atoms with Crippen LogP contribution in [0.15, 0.2) is 30.3 Å². The molecule has 0 fully saturated rings. The van der Waals surface area contributed by atoms with E-state index in [0.717, 1.165) is 5.75 Å². The van der Waals surface area contributed by atoms with Gasteiger partial charge in [0.1, 0.15) is 11.4 Å². The lowest BCUT2D eigenvalue weighted by Gasteiger charge is -2.24. The number of aryl methyl sites for hydroxylation is 1. The van der Waals surface area contributed by atoms with Crippen molar-refractivity contribution in [1.82, 2.24) is 0 Å². The van der Waals surface area contributed by atoms with Gasteiger partial charge in [0.2, 0.25) is 0 Å². The molecule has 0 aromatic heterocycles. The zero-order chi connectivity index (χ0) is 15.1. The molecule has 0 heterocycles. The van der Waals surface area contributed by atoms with Crippen LogP contribution in [0.1, 0.15) is 52.7 Å². The maximum absolute atomic E-state index is 6.01. The molecule has 0 aliphatic heterocycles. The third-order valence-electron chi connectivity index (χ3n) is 3.30. The van der Waals surface area contributed by atoms with Crippen LogP contribution in [0.4, 0.5) is 0 Å². The Bertz CT molecular complexity index is 624.